The molecule has 0 aliphatic rings. The van der Waals surface area contributed by atoms with Crippen LogP contribution in [0.15, 0.2) is 6.07 Å². The molecule has 1 heterocycles. The highest BCUT2D eigenvalue weighted by molar-refractivity contribution is 7.99. The fourth-order valence-electron chi connectivity index (χ4n) is 1.74. The first-order chi connectivity index (χ1) is 9.86. The maximum Gasteiger partial charge on any atom is 0.138 e. The number of thioether (sulfide) groups is 1. The molecule has 1 rings (SSSR count). The monoisotopic (exact) mass is 310 g/mol. The highest BCUT2D eigenvalue weighted by Crippen LogP contribution is 2.22. The van der Waals surface area contributed by atoms with Crippen LogP contribution in [0.25, 0.3) is 0 Å². The molecule has 5 heteroatoms. The van der Waals surface area contributed by atoms with Crippen LogP contribution in [0.1, 0.15) is 53.3 Å². The second-order valence-electron chi connectivity index (χ2n) is 6.40. The van der Waals surface area contributed by atoms with Crippen LogP contribution in [-0.2, 0) is 5.41 Å². The maximum absolute atomic E-state index is 4.67. The van der Waals surface area contributed by atoms with Gasteiger partial charge in [-0.3, -0.25) is 0 Å². The highest BCUT2D eigenvalue weighted by Gasteiger charge is 2.19. The fourth-order valence-corrected chi connectivity index (χ4v) is 2.09. The molecule has 1 atom stereocenters. The van der Waals surface area contributed by atoms with Crippen LogP contribution in [0.5, 0.6) is 0 Å². The van der Waals surface area contributed by atoms with E-state index in [2.05, 4.69) is 61.5 Å². The van der Waals surface area contributed by atoms with Crippen molar-refractivity contribution in [3.8, 4) is 0 Å². The summed E-state index contributed by atoms with van der Waals surface area (Å²) in [6.45, 7) is 12.7. The van der Waals surface area contributed by atoms with Gasteiger partial charge in [0, 0.05) is 29.8 Å². The predicted octanol–water partition coefficient (Wildman–Crippen LogP) is 4.15. The van der Waals surface area contributed by atoms with Gasteiger partial charge in [0.2, 0.25) is 0 Å². The van der Waals surface area contributed by atoms with Gasteiger partial charge in [-0.25, -0.2) is 9.97 Å². The number of rotatable bonds is 8. The van der Waals surface area contributed by atoms with Gasteiger partial charge in [-0.1, -0.05) is 34.6 Å². The normalized spacial score (nSPS) is 13.0. The Hall–Kier alpha value is -0.970. The first-order valence-electron chi connectivity index (χ1n) is 7.77. The van der Waals surface area contributed by atoms with Crippen LogP contribution in [-0.4, -0.2) is 34.6 Å². The number of nitrogens with zero attached hydrogens (tertiary/aromatic N) is 2. The van der Waals surface area contributed by atoms with Crippen molar-refractivity contribution in [1.82, 2.24) is 9.97 Å². The molecule has 1 unspecified atom stereocenters. The molecule has 0 saturated carbocycles. The molecule has 0 aromatic carbocycles. The Kier molecular flexibility index (Phi) is 7.29. The van der Waals surface area contributed by atoms with Gasteiger partial charge in [-0.05, 0) is 19.1 Å². The molecule has 2 N–H and O–H groups in total. The van der Waals surface area contributed by atoms with E-state index in [1.807, 2.05) is 17.8 Å². The molecule has 0 radical (unpaired) electrons. The van der Waals surface area contributed by atoms with E-state index in [0.717, 1.165) is 43.4 Å². The van der Waals surface area contributed by atoms with Crippen LogP contribution >= 0.6 is 11.8 Å². The molecule has 1 aromatic rings. The lowest BCUT2D eigenvalue weighted by molar-refractivity contribution is 0.546. The van der Waals surface area contributed by atoms with E-state index < -0.39 is 0 Å². The number of anilines is 2. The SMILES string of the molecule is CCCNc1cc(NCCC(C)SC)nc(C(C)(C)C)n1. The Morgan fingerprint density at radius 2 is 1.71 bits per heavy atom. The summed E-state index contributed by atoms with van der Waals surface area (Å²) in [4.78, 5) is 9.30. The summed E-state index contributed by atoms with van der Waals surface area (Å²) in [6, 6.07) is 2.01. The molecule has 1 aromatic heterocycles. The minimum absolute atomic E-state index is 0.0487. The molecule has 0 bridgehead atoms. The molecule has 0 aliphatic carbocycles. The topological polar surface area (TPSA) is 49.8 Å². The van der Waals surface area contributed by atoms with Crippen molar-refractivity contribution >= 4 is 23.4 Å². The molecular weight excluding hydrogens is 280 g/mol. The summed E-state index contributed by atoms with van der Waals surface area (Å²) in [7, 11) is 0. The van der Waals surface area contributed by atoms with Gasteiger partial charge in [-0.15, -0.1) is 0 Å². The third-order valence-electron chi connectivity index (χ3n) is 3.21. The van der Waals surface area contributed by atoms with Crippen molar-refractivity contribution in [2.75, 3.05) is 30.0 Å². The smallest absolute Gasteiger partial charge is 0.138 e. The summed E-state index contributed by atoms with van der Waals surface area (Å²) >= 11 is 1.90. The van der Waals surface area contributed by atoms with Crippen LogP contribution in [0.3, 0.4) is 0 Å². The molecular formula is C16H30N4S. The van der Waals surface area contributed by atoms with Gasteiger partial charge in [0.25, 0.3) is 0 Å². The van der Waals surface area contributed by atoms with E-state index in [9.17, 15) is 0 Å². The van der Waals surface area contributed by atoms with Crippen LogP contribution in [0.4, 0.5) is 11.6 Å². The van der Waals surface area contributed by atoms with E-state index in [1.165, 1.54) is 0 Å². The van der Waals surface area contributed by atoms with E-state index >= 15 is 0 Å². The minimum Gasteiger partial charge on any atom is -0.370 e. The Morgan fingerprint density at radius 1 is 1.14 bits per heavy atom. The second-order valence-corrected chi connectivity index (χ2v) is 7.68. The van der Waals surface area contributed by atoms with Gasteiger partial charge >= 0.3 is 0 Å². The molecule has 0 saturated heterocycles. The Morgan fingerprint density at radius 3 is 2.19 bits per heavy atom. The summed E-state index contributed by atoms with van der Waals surface area (Å²) in [5.41, 5.74) is -0.0487. The van der Waals surface area contributed by atoms with E-state index in [0.29, 0.717) is 5.25 Å². The van der Waals surface area contributed by atoms with Crippen molar-refractivity contribution in [1.29, 1.82) is 0 Å². The average Bonchev–Trinajstić information content (AvgIpc) is 2.43. The maximum atomic E-state index is 4.67. The Balaban J connectivity index is 2.81. The van der Waals surface area contributed by atoms with Crippen LogP contribution in [0, 0.1) is 0 Å². The van der Waals surface area contributed by atoms with Gasteiger partial charge in [0.05, 0.1) is 0 Å². The largest absolute Gasteiger partial charge is 0.370 e. The molecule has 0 fully saturated rings. The quantitative estimate of drug-likeness (QED) is 0.755. The Bertz CT molecular complexity index is 429. The molecule has 0 spiro atoms. The summed E-state index contributed by atoms with van der Waals surface area (Å²) in [5, 5.41) is 7.46. The first kappa shape index (κ1) is 18.1. The second kappa shape index (κ2) is 8.47. The first-order valence-corrected chi connectivity index (χ1v) is 9.05. The van der Waals surface area contributed by atoms with Crippen molar-refractivity contribution in [3.63, 3.8) is 0 Å². The van der Waals surface area contributed by atoms with Gasteiger partial charge < -0.3 is 10.6 Å². The zero-order valence-corrected chi connectivity index (χ0v) is 15.1. The molecule has 0 amide bonds. The third-order valence-corrected chi connectivity index (χ3v) is 4.25. The van der Waals surface area contributed by atoms with Gasteiger partial charge in [0.1, 0.15) is 17.5 Å². The summed E-state index contributed by atoms with van der Waals surface area (Å²) < 4.78 is 0. The molecule has 21 heavy (non-hydrogen) atoms. The van der Waals surface area contributed by atoms with E-state index in [-0.39, 0.29) is 5.41 Å². The zero-order chi connectivity index (χ0) is 15.9. The van der Waals surface area contributed by atoms with Crippen molar-refractivity contribution in [2.45, 2.75) is 58.1 Å². The van der Waals surface area contributed by atoms with Crippen LogP contribution < -0.4 is 10.6 Å². The number of hydrogen-bond donors (Lipinski definition) is 2. The Labute approximate surface area is 133 Å². The lowest BCUT2D eigenvalue weighted by Crippen LogP contribution is -2.19. The average molecular weight is 311 g/mol. The standard InChI is InChI=1S/C16H30N4S/c1-7-9-17-13-11-14(18-10-8-12(2)21-6)20-15(19-13)16(3,4)5/h11-12H,7-10H2,1-6H3,(H2,17,18,19,20). The van der Waals surface area contributed by atoms with Gasteiger partial charge in [-0.2, -0.15) is 11.8 Å². The summed E-state index contributed by atoms with van der Waals surface area (Å²) in [5.74, 6) is 2.71. The number of hydrogen-bond acceptors (Lipinski definition) is 5. The van der Waals surface area contributed by atoms with Crippen LogP contribution in [0.2, 0.25) is 0 Å². The predicted molar refractivity (Wildman–Crippen MR) is 95.6 cm³/mol. The molecule has 120 valence electrons. The number of nitrogens with one attached hydrogen (secondary N) is 2. The minimum atomic E-state index is -0.0487. The van der Waals surface area contributed by atoms with Gasteiger partial charge in [0.15, 0.2) is 0 Å². The van der Waals surface area contributed by atoms with E-state index in [4.69, 9.17) is 0 Å². The third kappa shape index (κ3) is 6.55. The lowest BCUT2D eigenvalue weighted by Gasteiger charge is -2.19. The fraction of sp³-hybridized carbons (Fsp3) is 0.750. The number of aromatic nitrogens is 2. The highest BCUT2D eigenvalue weighted by atomic mass is 32.2. The zero-order valence-electron chi connectivity index (χ0n) is 14.3. The lowest BCUT2D eigenvalue weighted by atomic mass is 9.96. The van der Waals surface area contributed by atoms with Crippen molar-refractivity contribution in [3.05, 3.63) is 11.9 Å². The van der Waals surface area contributed by atoms with E-state index in [1.54, 1.807) is 0 Å². The molecule has 0 aliphatic heterocycles. The van der Waals surface area contributed by atoms with Crippen molar-refractivity contribution in [2.24, 2.45) is 0 Å². The summed E-state index contributed by atoms with van der Waals surface area (Å²) in [6.07, 6.45) is 4.37. The molecule has 4 nitrogen and oxygen atoms in total. The van der Waals surface area contributed by atoms with Crippen molar-refractivity contribution < 1.29 is 0 Å².